The number of hydrogen-bond acceptors (Lipinski definition) is 4. The third-order valence-corrected chi connectivity index (χ3v) is 3.58. The van der Waals surface area contributed by atoms with E-state index in [4.69, 9.17) is 25.6 Å². The van der Waals surface area contributed by atoms with E-state index in [9.17, 15) is 9.13 Å². The van der Waals surface area contributed by atoms with E-state index in [2.05, 4.69) is 8.83 Å². The summed E-state index contributed by atoms with van der Waals surface area (Å²) in [4.78, 5) is 26.1. The number of hydrogen-bond donors (Lipinski definition) is 3. The summed E-state index contributed by atoms with van der Waals surface area (Å²) in [5.41, 5.74) is -0.556. The fourth-order valence-corrected chi connectivity index (χ4v) is 2.26. The van der Waals surface area contributed by atoms with Gasteiger partial charge in [0.05, 0.1) is 9.30 Å². The molecule has 0 aliphatic heterocycles. The minimum absolute atomic E-state index is 0.0202. The molecule has 9 heteroatoms. The van der Waals surface area contributed by atoms with Gasteiger partial charge in [0, 0.05) is 8.22 Å². The van der Waals surface area contributed by atoms with Gasteiger partial charge >= 0.3 is 15.6 Å². The topological polar surface area (TPSA) is 113 Å². The van der Waals surface area contributed by atoms with Gasteiger partial charge in [-0.15, -0.1) is 0 Å². The largest absolute Gasteiger partial charge is 0.481 e. The molecule has 112 valence electrons. The normalized spacial score (nSPS) is 24.3. The average Bonchev–Trinajstić information content (AvgIpc) is 2.25. The van der Waals surface area contributed by atoms with Crippen molar-refractivity contribution in [3.63, 3.8) is 0 Å². The summed E-state index contributed by atoms with van der Waals surface area (Å²) < 4.78 is 87.7. The first-order valence-corrected chi connectivity index (χ1v) is 7.87. The molecule has 19 heavy (non-hydrogen) atoms. The van der Waals surface area contributed by atoms with E-state index in [0.717, 1.165) is 6.08 Å². The molecule has 0 rings (SSSR count). The summed E-state index contributed by atoms with van der Waals surface area (Å²) in [5.74, 6) is 0. The first-order valence-electron chi connectivity index (χ1n) is 8.84. The zero-order valence-electron chi connectivity index (χ0n) is 17.9. The molecule has 0 saturated carbocycles. The van der Waals surface area contributed by atoms with Crippen molar-refractivity contribution >= 4 is 15.6 Å². The van der Waals surface area contributed by atoms with Crippen LogP contribution in [0.1, 0.15) is 44.4 Å². The monoisotopic (exact) mass is 322 g/mol. The van der Waals surface area contributed by atoms with Crippen molar-refractivity contribution in [1.82, 2.24) is 0 Å². The van der Waals surface area contributed by atoms with Gasteiger partial charge in [0.1, 0.15) is 0 Å². The third kappa shape index (κ3) is 12.5. The first kappa shape index (κ1) is 8.90. The summed E-state index contributed by atoms with van der Waals surface area (Å²) in [7, 11) is -10.8. The molecule has 0 aliphatic carbocycles. The van der Waals surface area contributed by atoms with Crippen molar-refractivity contribution in [2.45, 2.75) is 33.5 Å². The minimum Gasteiger partial charge on any atom is -0.302 e. The Bertz CT molecular complexity index is 660. The Labute approximate surface area is 124 Å². The lowest BCUT2D eigenvalue weighted by atomic mass is 10.1. The van der Waals surface area contributed by atoms with Crippen molar-refractivity contribution in [3.8, 4) is 0 Å². The summed E-state index contributed by atoms with van der Waals surface area (Å²) in [6.45, 7) is -7.26. The molecule has 7 nitrogen and oxygen atoms in total. The molecule has 0 radical (unpaired) electrons. The number of allylic oxidation sites excluding steroid dienone is 3. The maximum atomic E-state index is 11.4. The van der Waals surface area contributed by atoms with Gasteiger partial charge in [0.15, 0.2) is 0 Å². The highest BCUT2D eigenvalue weighted by atomic mass is 31.3. The Hall–Kier alpha value is -0.260. The second-order valence-electron chi connectivity index (χ2n) is 3.40. The van der Waals surface area contributed by atoms with Crippen LogP contribution in [0.25, 0.3) is 0 Å². The molecule has 0 aliphatic rings. The van der Waals surface area contributed by atoms with Gasteiger partial charge in [-0.25, -0.2) is 9.13 Å². The number of phosphoric acid groups is 2. The lowest BCUT2D eigenvalue weighted by Crippen LogP contribution is -1.94. The molecular weight excluding hydrogens is 294 g/mol. The van der Waals surface area contributed by atoms with E-state index in [0.29, 0.717) is 6.08 Å². The first-order chi connectivity index (χ1) is 11.6. The number of phosphoric ester groups is 1. The minimum atomic E-state index is -5.42. The summed E-state index contributed by atoms with van der Waals surface area (Å²) in [6, 6.07) is 0. The van der Waals surface area contributed by atoms with E-state index in [-0.39, 0.29) is 18.4 Å². The third-order valence-electron chi connectivity index (χ3n) is 1.57. The van der Waals surface area contributed by atoms with Gasteiger partial charge in [0.25, 0.3) is 0 Å². The lowest BCUT2D eigenvalue weighted by molar-refractivity contribution is 0.191. The van der Waals surface area contributed by atoms with Crippen LogP contribution in [0.3, 0.4) is 0 Å². The summed E-state index contributed by atoms with van der Waals surface area (Å²) >= 11 is 0. The lowest BCUT2D eigenvalue weighted by Gasteiger charge is -2.11. The van der Waals surface area contributed by atoms with Crippen LogP contribution >= 0.6 is 15.6 Å². The van der Waals surface area contributed by atoms with E-state index in [1.165, 1.54) is 6.92 Å². The van der Waals surface area contributed by atoms with Gasteiger partial charge in [-0.05, 0) is 33.5 Å². The fraction of sp³-hybridized carbons (Fsp3) is 0.600. The molecule has 0 heterocycles. The Morgan fingerprint density at radius 1 is 1.32 bits per heavy atom. The SMILES string of the molecule is [2H]C([2H])(/C=C(\C)CCC=C(C([2H])([2H])[2H])C([2H])([2H])[2H])OP(=O)(O)OP(=O)(O)O. The zero-order chi connectivity index (χ0) is 21.9. The highest BCUT2D eigenvalue weighted by Crippen LogP contribution is 2.57. The standard InChI is InChI=1S/C10H20O7P2/c1-9(2)5-4-6-10(3)7-8-16-19(14,15)17-18(11,12)13/h5,7H,4,6,8H2,1-3H3,(H,14,15)(H2,11,12,13)/b10-7+/i1D3,2D3,8D2. The van der Waals surface area contributed by atoms with E-state index >= 15 is 0 Å². The highest BCUT2D eigenvalue weighted by Gasteiger charge is 2.31. The van der Waals surface area contributed by atoms with E-state index in [1.807, 2.05) is 0 Å². The van der Waals surface area contributed by atoms with Gasteiger partial charge in [-0.2, -0.15) is 4.31 Å². The van der Waals surface area contributed by atoms with Crippen LogP contribution in [0.5, 0.6) is 0 Å². The molecule has 0 bridgehead atoms. The van der Waals surface area contributed by atoms with Crippen LogP contribution < -0.4 is 0 Å². The van der Waals surface area contributed by atoms with Crippen LogP contribution in [0, 0.1) is 0 Å². The van der Waals surface area contributed by atoms with Crippen LogP contribution in [0.15, 0.2) is 23.3 Å². The molecule has 0 aromatic rings. The molecule has 0 saturated heterocycles. The molecule has 0 amide bonds. The Morgan fingerprint density at radius 2 is 1.95 bits per heavy atom. The molecule has 1 atom stereocenters. The van der Waals surface area contributed by atoms with Gasteiger partial charge < -0.3 is 14.7 Å². The van der Waals surface area contributed by atoms with Crippen LogP contribution in [-0.2, 0) is 18.0 Å². The highest BCUT2D eigenvalue weighted by molar-refractivity contribution is 7.60. The van der Waals surface area contributed by atoms with Crippen molar-refractivity contribution < 1.29 is 43.6 Å². The smallest absolute Gasteiger partial charge is 0.302 e. The maximum absolute atomic E-state index is 11.4. The van der Waals surface area contributed by atoms with Gasteiger partial charge in [0.2, 0.25) is 0 Å². The molecule has 0 spiro atoms. The van der Waals surface area contributed by atoms with Crippen LogP contribution in [0.4, 0.5) is 0 Å². The van der Waals surface area contributed by atoms with Crippen molar-refractivity contribution in [2.75, 3.05) is 6.56 Å². The zero-order valence-corrected chi connectivity index (χ0v) is 11.7. The van der Waals surface area contributed by atoms with Crippen LogP contribution in [0.2, 0.25) is 0 Å². The quantitative estimate of drug-likeness (QED) is 0.465. The molecular formula is C10H20O7P2. The molecule has 3 N–H and O–H groups in total. The Kier molecular flexibility index (Phi) is 3.81. The Morgan fingerprint density at radius 3 is 2.47 bits per heavy atom. The fourth-order valence-electron chi connectivity index (χ4n) is 0.861. The van der Waals surface area contributed by atoms with Gasteiger partial charge in [-0.1, -0.05) is 23.3 Å². The molecule has 0 fully saturated rings. The van der Waals surface area contributed by atoms with E-state index in [1.54, 1.807) is 0 Å². The maximum Gasteiger partial charge on any atom is 0.481 e. The predicted molar refractivity (Wildman–Crippen MR) is 71.3 cm³/mol. The molecule has 0 aromatic carbocycles. The number of rotatable bonds is 8. The van der Waals surface area contributed by atoms with Crippen molar-refractivity contribution in [2.24, 2.45) is 0 Å². The molecule has 1 unspecified atom stereocenters. The Balaban J connectivity index is 5.16. The van der Waals surface area contributed by atoms with Gasteiger partial charge in [-0.3, -0.25) is 4.52 Å². The van der Waals surface area contributed by atoms with Crippen molar-refractivity contribution in [3.05, 3.63) is 23.3 Å². The van der Waals surface area contributed by atoms with E-state index < -0.39 is 41.5 Å². The summed E-state index contributed by atoms with van der Waals surface area (Å²) in [6.07, 6.45) is 1.59. The molecule has 0 aromatic heterocycles. The van der Waals surface area contributed by atoms with Crippen molar-refractivity contribution in [1.29, 1.82) is 0 Å². The van der Waals surface area contributed by atoms with Crippen LogP contribution in [-0.4, -0.2) is 21.2 Å². The average molecular weight is 322 g/mol. The second kappa shape index (κ2) is 8.12. The predicted octanol–water partition coefficient (Wildman–Crippen LogP) is 2.91. The second-order valence-corrected chi connectivity index (χ2v) is 6.15. The summed E-state index contributed by atoms with van der Waals surface area (Å²) in [5, 5.41) is 0.